The van der Waals surface area contributed by atoms with Crippen molar-refractivity contribution in [3.05, 3.63) is 29.8 Å². The van der Waals surface area contributed by atoms with Crippen molar-refractivity contribution in [2.45, 2.75) is 32.1 Å². The number of amides is 1. The van der Waals surface area contributed by atoms with Gasteiger partial charge in [-0.25, -0.2) is 0 Å². The molecular formula is C14H20N2O. The zero-order valence-corrected chi connectivity index (χ0v) is 10.1. The molecule has 1 fully saturated rings. The molecule has 2 rings (SSSR count). The smallest absolute Gasteiger partial charge is 0.220 e. The third kappa shape index (κ3) is 3.77. The number of nitrogens with two attached hydrogens (primary N) is 1. The highest BCUT2D eigenvalue weighted by Gasteiger charge is 2.17. The van der Waals surface area contributed by atoms with Crippen molar-refractivity contribution in [1.82, 2.24) is 5.32 Å². The van der Waals surface area contributed by atoms with E-state index < -0.39 is 0 Å². The quantitative estimate of drug-likeness (QED) is 0.764. The maximum atomic E-state index is 11.6. The van der Waals surface area contributed by atoms with Gasteiger partial charge in [0.2, 0.25) is 5.91 Å². The molecule has 0 radical (unpaired) electrons. The van der Waals surface area contributed by atoms with E-state index in [1.54, 1.807) is 0 Å². The zero-order valence-electron chi connectivity index (χ0n) is 10.1. The molecule has 3 heteroatoms. The first-order valence-electron chi connectivity index (χ1n) is 6.35. The third-order valence-corrected chi connectivity index (χ3v) is 3.40. The fourth-order valence-electron chi connectivity index (χ4n) is 2.05. The number of rotatable bonds is 5. The van der Waals surface area contributed by atoms with Crippen LogP contribution in [0.15, 0.2) is 24.3 Å². The van der Waals surface area contributed by atoms with E-state index in [9.17, 15) is 4.79 Å². The van der Waals surface area contributed by atoms with Crippen LogP contribution in [0.2, 0.25) is 0 Å². The largest absolute Gasteiger partial charge is 0.399 e. The van der Waals surface area contributed by atoms with Crippen LogP contribution >= 0.6 is 0 Å². The van der Waals surface area contributed by atoms with Crippen molar-refractivity contribution in [2.75, 3.05) is 12.3 Å². The Labute approximate surface area is 102 Å². The van der Waals surface area contributed by atoms with E-state index in [0.717, 1.165) is 30.1 Å². The summed E-state index contributed by atoms with van der Waals surface area (Å²) >= 11 is 0. The van der Waals surface area contributed by atoms with Crippen LogP contribution in [0.1, 0.15) is 31.2 Å². The molecule has 1 saturated carbocycles. The van der Waals surface area contributed by atoms with Gasteiger partial charge in [0.05, 0.1) is 0 Å². The second-order valence-electron chi connectivity index (χ2n) is 4.85. The van der Waals surface area contributed by atoms with Gasteiger partial charge in [0.25, 0.3) is 0 Å². The first kappa shape index (κ1) is 12.0. The number of anilines is 1. The van der Waals surface area contributed by atoms with E-state index in [2.05, 4.69) is 5.32 Å². The molecule has 1 aliphatic rings. The minimum absolute atomic E-state index is 0.152. The Morgan fingerprint density at radius 1 is 1.41 bits per heavy atom. The summed E-state index contributed by atoms with van der Waals surface area (Å²) in [5, 5.41) is 3.00. The Bertz CT molecular complexity index is 386. The molecule has 0 saturated heterocycles. The van der Waals surface area contributed by atoms with Gasteiger partial charge >= 0.3 is 0 Å². The number of hydrogen-bond acceptors (Lipinski definition) is 2. The van der Waals surface area contributed by atoms with Crippen LogP contribution in [0.25, 0.3) is 0 Å². The Morgan fingerprint density at radius 2 is 2.24 bits per heavy atom. The van der Waals surface area contributed by atoms with Gasteiger partial charge in [-0.1, -0.05) is 18.6 Å². The van der Waals surface area contributed by atoms with Crippen molar-refractivity contribution >= 4 is 11.6 Å². The lowest BCUT2D eigenvalue weighted by molar-refractivity contribution is -0.121. The van der Waals surface area contributed by atoms with Crippen molar-refractivity contribution in [3.63, 3.8) is 0 Å². The maximum Gasteiger partial charge on any atom is 0.220 e. The number of carbonyl (C=O) groups excluding carboxylic acids is 1. The molecule has 0 atom stereocenters. The molecule has 3 N–H and O–H groups in total. The highest BCUT2D eigenvalue weighted by atomic mass is 16.1. The van der Waals surface area contributed by atoms with Gasteiger partial charge in [0.15, 0.2) is 0 Å². The molecule has 3 nitrogen and oxygen atoms in total. The van der Waals surface area contributed by atoms with Crippen molar-refractivity contribution in [2.24, 2.45) is 5.92 Å². The number of benzene rings is 1. The van der Waals surface area contributed by atoms with Gasteiger partial charge in [-0.3, -0.25) is 4.79 Å². The van der Waals surface area contributed by atoms with Gasteiger partial charge in [-0.05, 0) is 42.9 Å². The van der Waals surface area contributed by atoms with Crippen LogP contribution < -0.4 is 11.1 Å². The standard InChI is InChI=1S/C14H20N2O/c15-13-6-2-3-11(9-13)7-8-14(17)16-10-12-4-1-5-12/h2-3,6,9,12H,1,4-5,7-8,10,15H2,(H,16,17). The predicted octanol–water partition coefficient (Wildman–Crippen LogP) is 2.12. The number of nitrogens with one attached hydrogen (secondary N) is 1. The Hall–Kier alpha value is -1.51. The molecule has 1 aromatic rings. The van der Waals surface area contributed by atoms with Crippen LogP contribution in [-0.4, -0.2) is 12.5 Å². The van der Waals surface area contributed by atoms with Gasteiger partial charge < -0.3 is 11.1 Å². The molecule has 0 unspecified atom stereocenters. The first-order valence-corrected chi connectivity index (χ1v) is 6.35. The first-order chi connectivity index (χ1) is 8.24. The molecule has 17 heavy (non-hydrogen) atoms. The number of aryl methyl sites for hydroxylation is 1. The van der Waals surface area contributed by atoms with Gasteiger partial charge in [-0.15, -0.1) is 0 Å². The minimum atomic E-state index is 0.152. The number of nitrogen functional groups attached to an aromatic ring is 1. The lowest BCUT2D eigenvalue weighted by Crippen LogP contribution is -2.32. The highest BCUT2D eigenvalue weighted by molar-refractivity contribution is 5.76. The summed E-state index contributed by atoms with van der Waals surface area (Å²) < 4.78 is 0. The summed E-state index contributed by atoms with van der Waals surface area (Å²) in [5.41, 5.74) is 7.58. The van der Waals surface area contributed by atoms with Crippen molar-refractivity contribution in [3.8, 4) is 0 Å². The minimum Gasteiger partial charge on any atom is -0.399 e. The number of hydrogen-bond donors (Lipinski definition) is 2. The second-order valence-corrected chi connectivity index (χ2v) is 4.85. The molecule has 0 aromatic heterocycles. The Kier molecular flexibility index (Phi) is 4.02. The lowest BCUT2D eigenvalue weighted by Gasteiger charge is -2.25. The molecule has 0 aliphatic heterocycles. The lowest BCUT2D eigenvalue weighted by atomic mass is 9.85. The third-order valence-electron chi connectivity index (χ3n) is 3.40. The molecule has 1 aliphatic carbocycles. The fraction of sp³-hybridized carbons (Fsp3) is 0.500. The van der Waals surface area contributed by atoms with Crippen molar-refractivity contribution < 1.29 is 4.79 Å². The summed E-state index contributed by atoms with van der Waals surface area (Å²) in [6.07, 6.45) is 5.19. The van der Waals surface area contributed by atoms with Gasteiger partial charge in [0.1, 0.15) is 0 Å². The average molecular weight is 232 g/mol. The SMILES string of the molecule is Nc1cccc(CCC(=O)NCC2CCC2)c1. The maximum absolute atomic E-state index is 11.6. The zero-order chi connectivity index (χ0) is 12.1. The molecule has 0 heterocycles. The van der Waals surface area contributed by atoms with Crippen LogP contribution in [0.3, 0.4) is 0 Å². The Morgan fingerprint density at radius 3 is 2.88 bits per heavy atom. The normalized spacial score (nSPS) is 15.3. The van der Waals surface area contributed by atoms with Crippen LogP contribution in [0.4, 0.5) is 5.69 Å². The topological polar surface area (TPSA) is 55.1 Å². The summed E-state index contributed by atoms with van der Waals surface area (Å²) in [6.45, 7) is 0.857. The van der Waals surface area contributed by atoms with Gasteiger partial charge in [0, 0.05) is 18.7 Å². The molecule has 0 bridgehead atoms. The average Bonchev–Trinajstić information content (AvgIpc) is 2.24. The monoisotopic (exact) mass is 232 g/mol. The van der Waals surface area contributed by atoms with Crippen LogP contribution in [-0.2, 0) is 11.2 Å². The van der Waals surface area contributed by atoms with E-state index in [0.29, 0.717) is 6.42 Å². The molecular weight excluding hydrogens is 212 g/mol. The van der Waals surface area contributed by atoms with Crippen LogP contribution in [0, 0.1) is 5.92 Å². The van der Waals surface area contributed by atoms with E-state index in [1.165, 1.54) is 19.3 Å². The second kappa shape index (κ2) is 5.71. The van der Waals surface area contributed by atoms with E-state index in [1.807, 2.05) is 24.3 Å². The molecule has 92 valence electrons. The van der Waals surface area contributed by atoms with Gasteiger partial charge in [-0.2, -0.15) is 0 Å². The molecule has 0 spiro atoms. The Balaban J connectivity index is 1.68. The predicted molar refractivity (Wildman–Crippen MR) is 69.5 cm³/mol. The summed E-state index contributed by atoms with van der Waals surface area (Å²) in [5.74, 6) is 0.880. The summed E-state index contributed by atoms with van der Waals surface area (Å²) in [4.78, 5) is 11.6. The highest BCUT2D eigenvalue weighted by Crippen LogP contribution is 2.25. The summed E-state index contributed by atoms with van der Waals surface area (Å²) in [6, 6.07) is 7.73. The van der Waals surface area contributed by atoms with Crippen molar-refractivity contribution in [1.29, 1.82) is 0 Å². The molecule has 1 amide bonds. The number of carbonyl (C=O) groups is 1. The molecule has 1 aromatic carbocycles. The van der Waals surface area contributed by atoms with Crippen LogP contribution in [0.5, 0.6) is 0 Å². The van der Waals surface area contributed by atoms with E-state index in [4.69, 9.17) is 5.73 Å². The fourth-order valence-corrected chi connectivity index (χ4v) is 2.05. The summed E-state index contributed by atoms with van der Waals surface area (Å²) in [7, 11) is 0. The van der Waals surface area contributed by atoms with E-state index >= 15 is 0 Å². The van der Waals surface area contributed by atoms with E-state index in [-0.39, 0.29) is 5.91 Å².